The molecule has 180 valence electrons. The molecule has 8 nitrogen and oxygen atoms in total. The Kier molecular flexibility index (Phi) is 9.05. The van der Waals surface area contributed by atoms with Crippen LogP contribution in [0.3, 0.4) is 0 Å². The lowest BCUT2D eigenvalue weighted by molar-refractivity contribution is -0.132. The highest BCUT2D eigenvalue weighted by molar-refractivity contribution is 7.09. The molecule has 0 unspecified atom stereocenters. The van der Waals surface area contributed by atoms with Gasteiger partial charge in [-0.1, -0.05) is 43.7 Å². The van der Waals surface area contributed by atoms with Crippen LogP contribution in [0.1, 0.15) is 44.1 Å². The number of carbonyl (C=O) groups is 2. The summed E-state index contributed by atoms with van der Waals surface area (Å²) in [5.74, 6) is 1.36. The van der Waals surface area contributed by atoms with Gasteiger partial charge >= 0.3 is 6.09 Å². The number of benzene rings is 1. The number of anilines is 1. The molecule has 1 aliphatic heterocycles. The first-order valence-corrected chi connectivity index (χ1v) is 12.5. The Balaban J connectivity index is 1.54. The molecule has 0 saturated carbocycles. The van der Waals surface area contributed by atoms with E-state index in [1.54, 1.807) is 11.8 Å². The fourth-order valence-corrected chi connectivity index (χ4v) is 4.50. The van der Waals surface area contributed by atoms with Crippen LogP contribution in [0.15, 0.2) is 24.3 Å². The number of aryl methyl sites for hydroxylation is 1. The van der Waals surface area contributed by atoms with Crippen LogP contribution >= 0.6 is 11.5 Å². The zero-order chi connectivity index (χ0) is 23.8. The molecule has 1 aromatic carbocycles. The van der Waals surface area contributed by atoms with Crippen LogP contribution < -0.4 is 4.90 Å². The second kappa shape index (κ2) is 12.0. The maximum atomic E-state index is 12.8. The molecule has 0 radical (unpaired) electrons. The summed E-state index contributed by atoms with van der Waals surface area (Å²) in [5.41, 5.74) is 2.43. The monoisotopic (exact) mass is 473 g/mol. The SMILES string of the molecule is CCOC(=O)N1CCN(C(=O)CCN(CC(C)C)c2nc(Cc3ccc(C)cc3)ns2)CC1. The molecule has 0 N–H and O–H groups in total. The van der Waals surface area contributed by atoms with Gasteiger partial charge in [0, 0.05) is 63.6 Å². The molecule has 33 heavy (non-hydrogen) atoms. The van der Waals surface area contributed by atoms with Crippen LogP contribution in [0, 0.1) is 12.8 Å². The first-order valence-electron chi connectivity index (χ1n) is 11.7. The standard InChI is InChI=1S/C24H35N5O3S/c1-5-32-24(31)28-14-12-27(13-15-28)22(30)10-11-29(17-18(2)3)23-25-21(26-33-23)16-20-8-6-19(4)7-9-20/h6-9,18H,5,10-17H2,1-4H3. The fraction of sp³-hybridized carbons (Fsp3) is 0.583. The van der Waals surface area contributed by atoms with Gasteiger partial charge < -0.3 is 19.4 Å². The summed E-state index contributed by atoms with van der Waals surface area (Å²) in [7, 11) is 0. The quantitative estimate of drug-likeness (QED) is 0.554. The maximum Gasteiger partial charge on any atom is 0.409 e. The second-order valence-corrected chi connectivity index (χ2v) is 9.54. The first kappa shape index (κ1) is 25.0. The average molecular weight is 474 g/mol. The van der Waals surface area contributed by atoms with Gasteiger partial charge in [0.1, 0.15) is 5.82 Å². The molecule has 3 rings (SSSR count). The number of hydrogen-bond donors (Lipinski definition) is 0. The summed E-state index contributed by atoms with van der Waals surface area (Å²) >= 11 is 1.40. The molecule has 1 aromatic heterocycles. The van der Waals surface area contributed by atoms with Crippen molar-refractivity contribution in [2.24, 2.45) is 5.92 Å². The van der Waals surface area contributed by atoms with E-state index in [1.807, 2.05) is 4.90 Å². The summed E-state index contributed by atoms with van der Waals surface area (Å²) in [6, 6.07) is 8.43. The van der Waals surface area contributed by atoms with Crippen molar-refractivity contribution < 1.29 is 14.3 Å². The molecule has 0 bridgehead atoms. The normalized spacial score (nSPS) is 14.0. The van der Waals surface area contributed by atoms with Gasteiger partial charge in [0.15, 0.2) is 0 Å². The van der Waals surface area contributed by atoms with Gasteiger partial charge in [-0.2, -0.15) is 4.37 Å². The maximum absolute atomic E-state index is 12.8. The number of aromatic nitrogens is 2. The highest BCUT2D eigenvalue weighted by Gasteiger charge is 2.25. The van der Waals surface area contributed by atoms with Crippen LogP contribution in [0.4, 0.5) is 9.93 Å². The van der Waals surface area contributed by atoms with Crippen LogP contribution in [0.25, 0.3) is 0 Å². The van der Waals surface area contributed by atoms with Crippen molar-refractivity contribution in [3.05, 3.63) is 41.2 Å². The third kappa shape index (κ3) is 7.42. The Bertz CT molecular complexity index is 907. The number of rotatable bonds is 9. The number of amides is 2. The minimum Gasteiger partial charge on any atom is -0.450 e. The molecule has 0 aliphatic carbocycles. The number of ether oxygens (including phenoxy) is 1. The molecule has 2 aromatic rings. The topological polar surface area (TPSA) is 78.9 Å². The summed E-state index contributed by atoms with van der Waals surface area (Å²) in [5, 5.41) is 0.866. The van der Waals surface area contributed by atoms with Crippen molar-refractivity contribution in [3.63, 3.8) is 0 Å². The van der Waals surface area contributed by atoms with E-state index in [0.29, 0.717) is 58.1 Å². The number of piperazine rings is 1. The summed E-state index contributed by atoms with van der Waals surface area (Å²) in [6.45, 7) is 12.1. The van der Waals surface area contributed by atoms with Crippen LogP contribution in [-0.4, -0.2) is 77.0 Å². The molecule has 1 saturated heterocycles. The lowest BCUT2D eigenvalue weighted by Crippen LogP contribution is -2.51. The molecular weight excluding hydrogens is 438 g/mol. The molecule has 1 aliphatic rings. The molecule has 2 heterocycles. The Morgan fingerprint density at radius 3 is 2.42 bits per heavy atom. The van der Waals surface area contributed by atoms with E-state index in [0.717, 1.165) is 17.5 Å². The molecule has 9 heteroatoms. The summed E-state index contributed by atoms with van der Waals surface area (Å²) < 4.78 is 9.61. The van der Waals surface area contributed by atoms with E-state index in [4.69, 9.17) is 9.72 Å². The van der Waals surface area contributed by atoms with E-state index >= 15 is 0 Å². The van der Waals surface area contributed by atoms with Crippen LogP contribution in [0.5, 0.6) is 0 Å². The van der Waals surface area contributed by atoms with Gasteiger partial charge in [-0.15, -0.1) is 0 Å². The predicted molar refractivity (Wildman–Crippen MR) is 131 cm³/mol. The lowest BCUT2D eigenvalue weighted by Gasteiger charge is -2.34. The Morgan fingerprint density at radius 2 is 1.79 bits per heavy atom. The summed E-state index contributed by atoms with van der Waals surface area (Å²) in [4.78, 5) is 35.1. The lowest BCUT2D eigenvalue weighted by atomic mass is 10.1. The van der Waals surface area contributed by atoms with Crippen molar-refractivity contribution in [2.75, 3.05) is 50.8 Å². The van der Waals surface area contributed by atoms with Crippen molar-refractivity contribution in [1.82, 2.24) is 19.2 Å². The van der Waals surface area contributed by atoms with E-state index < -0.39 is 0 Å². The van der Waals surface area contributed by atoms with Gasteiger partial charge in [0.25, 0.3) is 0 Å². The number of nitrogens with zero attached hydrogens (tertiary/aromatic N) is 5. The molecule has 0 atom stereocenters. The van der Waals surface area contributed by atoms with Crippen molar-refractivity contribution in [1.29, 1.82) is 0 Å². The smallest absolute Gasteiger partial charge is 0.409 e. The molecule has 0 spiro atoms. The van der Waals surface area contributed by atoms with Gasteiger partial charge in [-0.25, -0.2) is 9.78 Å². The van der Waals surface area contributed by atoms with E-state index in [1.165, 1.54) is 22.7 Å². The Hall–Kier alpha value is -2.68. The van der Waals surface area contributed by atoms with Crippen molar-refractivity contribution >= 4 is 28.7 Å². The Morgan fingerprint density at radius 1 is 1.12 bits per heavy atom. The van der Waals surface area contributed by atoms with Crippen molar-refractivity contribution in [2.45, 2.75) is 40.5 Å². The first-order chi connectivity index (χ1) is 15.9. The van der Waals surface area contributed by atoms with Gasteiger partial charge in [-0.3, -0.25) is 4.79 Å². The highest BCUT2D eigenvalue weighted by atomic mass is 32.1. The van der Waals surface area contributed by atoms with Gasteiger partial charge in [0.05, 0.1) is 6.61 Å². The second-order valence-electron chi connectivity index (χ2n) is 8.81. The summed E-state index contributed by atoms with van der Waals surface area (Å²) in [6.07, 6.45) is 0.819. The predicted octanol–water partition coefficient (Wildman–Crippen LogP) is 3.59. The van der Waals surface area contributed by atoms with Crippen molar-refractivity contribution in [3.8, 4) is 0 Å². The zero-order valence-corrected chi connectivity index (χ0v) is 20.9. The van der Waals surface area contributed by atoms with Crippen LogP contribution in [0.2, 0.25) is 0 Å². The largest absolute Gasteiger partial charge is 0.450 e. The van der Waals surface area contributed by atoms with E-state index in [9.17, 15) is 9.59 Å². The minimum atomic E-state index is -0.301. The van der Waals surface area contributed by atoms with Gasteiger partial charge in [-0.05, 0) is 25.3 Å². The average Bonchev–Trinajstić information content (AvgIpc) is 3.26. The van der Waals surface area contributed by atoms with Crippen LogP contribution in [-0.2, 0) is 16.0 Å². The van der Waals surface area contributed by atoms with E-state index in [2.05, 4.69) is 54.3 Å². The molecule has 1 fully saturated rings. The van der Waals surface area contributed by atoms with Gasteiger partial charge in [0.2, 0.25) is 11.0 Å². The third-order valence-electron chi connectivity index (χ3n) is 5.55. The zero-order valence-electron chi connectivity index (χ0n) is 20.1. The minimum absolute atomic E-state index is 0.108. The Labute approximate surface area is 200 Å². The fourth-order valence-electron chi connectivity index (χ4n) is 3.78. The number of carbonyl (C=O) groups excluding carboxylic acids is 2. The highest BCUT2D eigenvalue weighted by Crippen LogP contribution is 2.21. The molecular formula is C24H35N5O3S. The van der Waals surface area contributed by atoms with E-state index in [-0.39, 0.29) is 12.0 Å². The third-order valence-corrected chi connectivity index (χ3v) is 6.37. The number of hydrogen-bond acceptors (Lipinski definition) is 7. The molecule has 2 amide bonds.